The number of morpholine rings is 1. The summed E-state index contributed by atoms with van der Waals surface area (Å²) in [5, 5.41) is 3.15. The largest absolute Gasteiger partial charge is 0.374 e. The Balaban J connectivity index is 1.82. The zero-order valence-corrected chi connectivity index (χ0v) is 10.9. The Hall–Kier alpha value is -1.13. The van der Waals surface area contributed by atoms with Crippen molar-refractivity contribution in [2.75, 3.05) is 25.1 Å². The highest BCUT2D eigenvalue weighted by Gasteiger charge is 2.36. The van der Waals surface area contributed by atoms with Gasteiger partial charge in [0.05, 0.1) is 24.4 Å². The Morgan fingerprint density at radius 1 is 1.44 bits per heavy atom. The monoisotopic (exact) mass is 247 g/mol. The fourth-order valence-electron chi connectivity index (χ4n) is 3.12. The third kappa shape index (κ3) is 2.22. The molecule has 4 heteroatoms. The summed E-state index contributed by atoms with van der Waals surface area (Å²) in [6.45, 7) is 2.63. The smallest absolute Gasteiger partial charge is 0.129 e. The van der Waals surface area contributed by atoms with Crippen LogP contribution in [0.4, 0.5) is 5.82 Å². The van der Waals surface area contributed by atoms with Crippen molar-refractivity contribution in [2.24, 2.45) is 0 Å². The van der Waals surface area contributed by atoms with E-state index in [9.17, 15) is 0 Å². The molecule has 1 aromatic rings. The molecule has 1 aliphatic heterocycles. The molecule has 0 aromatic carbocycles. The van der Waals surface area contributed by atoms with Gasteiger partial charge in [0.15, 0.2) is 0 Å². The van der Waals surface area contributed by atoms with Gasteiger partial charge in [-0.25, -0.2) is 4.98 Å². The van der Waals surface area contributed by atoms with E-state index in [0.29, 0.717) is 12.1 Å². The number of pyridine rings is 1. The van der Waals surface area contributed by atoms with Gasteiger partial charge in [0.2, 0.25) is 0 Å². The van der Waals surface area contributed by atoms with Crippen molar-refractivity contribution in [3.8, 4) is 0 Å². The van der Waals surface area contributed by atoms with Crippen molar-refractivity contribution >= 4 is 5.82 Å². The van der Waals surface area contributed by atoms with Gasteiger partial charge in [-0.05, 0) is 38.4 Å². The zero-order chi connectivity index (χ0) is 12.4. The van der Waals surface area contributed by atoms with Crippen molar-refractivity contribution in [3.63, 3.8) is 0 Å². The van der Waals surface area contributed by atoms with Crippen LogP contribution in [-0.4, -0.2) is 37.3 Å². The molecule has 0 bridgehead atoms. The number of hydrogen-bond acceptors (Lipinski definition) is 4. The van der Waals surface area contributed by atoms with E-state index in [1.807, 2.05) is 7.05 Å². The number of fused-ring (bicyclic) bond motifs is 1. The summed E-state index contributed by atoms with van der Waals surface area (Å²) >= 11 is 0. The van der Waals surface area contributed by atoms with Crippen LogP contribution in [-0.2, 0) is 11.3 Å². The maximum atomic E-state index is 5.85. The third-order valence-corrected chi connectivity index (χ3v) is 3.93. The van der Waals surface area contributed by atoms with Crippen LogP contribution in [0, 0.1) is 0 Å². The summed E-state index contributed by atoms with van der Waals surface area (Å²) in [4.78, 5) is 7.20. The maximum Gasteiger partial charge on any atom is 0.129 e. The minimum Gasteiger partial charge on any atom is -0.374 e. The summed E-state index contributed by atoms with van der Waals surface area (Å²) < 4.78 is 5.85. The predicted octanol–water partition coefficient (Wildman–Crippen LogP) is 1.56. The van der Waals surface area contributed by atoms with Crippen LogP contribution < -0.4 is 10.2 Å². The molecule has 1 N–H and O–H groups in total. The number of nitrogens with zero attached hydrogens (tertiary/aromatic N) is 2. The lowest BCUT2D eigenvalue weighted by Gasteiger charge is -2.38. The van der Waals surface area contributed by atoms with E-state index in [0.717, 1.165) is 31.2 Å². The summed E-state index contributed by atoms with van der Waals surface area (Å²) in [5.74, 6) is 1.11. The van der Waals surface area contributed by atoms with E-state index in [1.165, 1.54) is 19.3 Å². The van der Waals surface area contributed by atoms with Gasteiger partial charge in [-0.15, -0.1) is 0 Å². The first-order valence-electron chi connectivity index (χ1n) is 6.87. The van der Waals surface area contributed by atoms with Crippen molar-refractivity contribution in [2.45, 2.75) is 38.0 Å². The second-order valence-electron chi connectivity index (χ2n) is 5.12. The molecule has 98 valence electrons. The summed E-state index contributed by atoms with van der Waals surface area (Å²) in [7, 11) is 1.95. The average Bonchev–Trinajstić information content (AvgIpc) is 2.87. The van der Waals surface area contributed by atoms with Crippen LogP contribution in [0.15, 0.2) is 18.2 Å². The van der Waals surface area contributed by atoms with Crippen molar-refractivity contribution in [1.29, 1.82) is 0 Å². The van der Waals surface area contributed by atoms with Crippen LogP contribution in [0.5, 0.6) is 0 Å². The van der Waals surface area contributed by atoms with Crippen LogP contribution in [0.3, 0.4) is 0 Å². The molecular formula is C14H21N3O. The van der Waals surface area contributed by atoms with Gasteiger partial charge in [-0.1, -0.05) is 6.07 Å². The van der Waals surface area contributed by atoms with E-state index in [-0.39, 0.29) is 0 Å². The lowest BCUT2D eigenvalue weighted by molar-refractivity contribution is 0.0253. The highest BCUT2D eigenvalue weighted by Crippen LogP contribution is 2.32. The molecule has 1 saturated carbocycles. The first-order chi connectivity index (χ1) is 8.88. The molecule has 0 amide bonds. The van der Waals surface area contributed by atoms with Crippen molar-refractivity contribution in [1.82, 2.24) is 10.3 Å². The van der Waals surface area contributed by atoms with Crippen LogP contribution in [0.2, 0.25) is 0 Å². The predicted molar refractivity (Wildman–Crippen MR) is 71.7 cm³/mol. The molecule has 2 heterocycles. The third-order valence-electron chi connectivity index (χ3n) is 3.93. The Bertz CT molecular complexity index is 410. The molecule has 2 atom stereocenters. The Kier molecular flexibility index (Phi) is 3.48. The molecule has 18 heavy (non-hydrogen) atoms. The Morgan fingerprint density at radius 3 is 3.28 bits per heavy atom. The standard InChI is InChI=1S/C14H21N3O/c1-15-10-11-4-2-7-14(16-11)17-8-9-18-13-6-3-5-12(13)17/h2,4,7,12-13,15H,3,5-6,8-10H2,1H3. The fraction of sp³-hybridized carbons (Fsp3) is 0.643. The molecular weight excluding hydrogens is 226 g/mol. The van der Waals surface area contributed by atoms with Crippen LogP contribution in [0.1, 0.15) is 25.0 Å². The Morgan fingerprint density at radius 2 is 2.39 bits per heavy atom. The molecule has 1 saturated heterocycles. The molecule has 2 aliphatic rings. The number of anilines is 1. The normalized spacial score (nSPS) is 27.3. The number of ether oxygens (including phenoxy) is 1. The number of nitrogens with one attached hydrogen (secondary N) is 1. The summed E-state index contributed by atoms with van der Waals surface area (Å²) in [5.41, 5.74) is 1.11. The van der Waals surface area contributed by atoms with Gasteiger partial charge >= 0.3 is 0 Å². The topological polar surface area (TPSA) is 37.4 Å². The van der Waals surface area contributed by atoms with Gasteiger partial charge in [0.25, 0.3) is 0 Å². The molecule has 1 aromatic heterocycles. The Labute approximate surface area is 108 Å². The highest BCUT2D eigenvalue weighted by atomic mass is 16.5. The second-order valence-corrected chi connectivity index (χ2v) is 5.12. The zero-order valence-electron chi connectivity index (χ0n) is 10.9. The minimum absolute atomic E-state index is 0.425. The summed E-state index contributed by atoms with van der Waals surface area (Å²) in [6.07, 6.45) is 4.15. The van der Waals surface area contributed by atoms with Crippen LogP contribution in [0.25, 0.3) is 0 Å². The van der Waals surface area contributed by atoms with E-state index in [2.05, 4.69) is 28.4 Å². The lowest BCUT2D eigenvalue weighted by Crippen LogP contribution is -2.49. The quantitative estimate of drug-likeness (QED) is 0.879. The highest BCUT2D eigenvalue weighted by molar-refractivity contribution is 5.42. The van der Waals surface area contributed by atoms with E-state index < -0.39 is 0 Å². The van der Waals surface area contributed by atoms with Crippen LogP contribution >= 0.6 is 0 Å². The number of rotatable bonds is 3. The lowest BCUT2D eigenvalue weighted by atomic mass is 10.1. The minimum atomic E-state index is 0.425. The molecule has 4 nitrogen and oxygen atoms in total. The van der Waals surface area contributed by atoms with Gasteiger partial charge < -0.3 is 15.0 Å². The molecule has 2 fully saturated rings. The summed E-state index contributed by atoms with van der Waals surface area (Å²) in [6, 6.07) is 6.84. The van der Waals surface area contributed by atoms with Gasteiger partial charge in [-0.3, -0.25) is 0 Å². The van der Waals surface area contributed by atoms with Crippen molar-refractivity contribution < 1.29 is 4.74 Å². The molecule has 3 rings (SSSR count). The number of hydrogen-bond donors (Lipinski definition) is 1. The van der Waals surface area contributed by atoms with E-state index >= 15 is 0 Å². The molecule has 1 aliphatic carbocycles. The van der Waals surface area contributed by atoms with Gasteiger partial charge in [-0.2, -0.15) is 0 Å². The van der Waals surface area contributed by atoms with E-state index in [1.54, 1.807) is 0 Å². The molecule has 0 spiro atoms. The number of aromatic nitrogens is 1. The second kappa shape index (κ2) is 5.24. The first-order valence-corrected chi connectivity index (χ1v) is 6.87. The maximum absolute atomic E-state index is 5.85. The fourth-order valence-corrected chi connectivity index (χ4v) is 3.12. The molecule has 0 radical (unpaired) electrons. The molecule has 2 unspecified atom stereocenters. The SMILES string of the molecule is CNCc1cccc(N2CCOC3CCCC32)n1. The van der Waals surface area contributed by atoms with Crippen molar-refractivity contribution in [3.05, 3.63) is 23.9 Å². The van der Waals surface area contributed by atoms with E-state index in [4.69, 9.17) is 9.72 Å². The first kappa shape index (κ1) is 11.9. The average molecular weight is 247 g/mol. The van der Waals surface area contributed by atoms with Gasteiger partial charge in [0, 0.05) is 13.1 Å². The van der Waals surface area contributed by atoms with Gasteiger partial charge in [0.1, 0.15) is 5.82 Å².